The number of hydrogen-bond acceptors (Lipinski definition) is 1. The third-order valence-electron chi connectivity index (χ3n) is 7.56. The molecule has 0 radical (unpaired) electrons. The van der Waals surface area contributed by atoms with Gasteiger partial charge >= 0.3 is 0 Å². The highest BCUT2D eigenvalue weighted by Crippen LogP contribution is 2.65. The van der Waals surface area contributed by atoms with Gasteiger partial charge in [0.25, 0.3) is 0 Å². The van der Waals surface area contributed by atoms with Crippen LogP contribution in [0.3, 0.4) is 0 Å². The Labute approximate surface area is 142 Å². The molecule has 0 aromatic carbocycles. The first-order chi connectivity index (χ1) is 9.95. The van der Waals surface area contributed by atoms with Crippen LogP contribution in [0.5, 0.6) is 0 Å². The monoisotopic (exact) mass is 398 g/mol. The van der Waals surface area contributed by atoms with Gasteiger partial charge in [-0.15, -0.1) is 0 Å². The summed E-state index contributed by atoms with van der Waals surface area (Å²) in [6.45, 7) is 5.03. The minimum absolute atomic E-state index is 0.0798. The molecule has 116 valence electrons. The van der Waals surface area contributed by atoms with Crippen LogP contribution in [-0.2, 0) is 0 Å². The predicted octanol–water partition coefficient (Wildman–Crippen LogP) is 5.24. The van der Waals surface area contributed by atoms with Crippen molar-refractivity contribution < 1.29 is 5.11 Å². The highest BCUT2D eigenvalue weighted by Gasteiger charge is 2.56. The Balaban J connectivity index is 1.68. The van der Waals surface area contributed by atoms with Gasteiger partial charge in [-0.1, -0.05) is 31.6 Å². The van der Waals surface area contributed by atoms with E-state index in [0.29, 0.717) is 10.8 Å². The lowest BCUT2D eigenvalue weighted by atomic mass is 9.48. The molecule has 4 rings (SSSR count). The second-order valence-corrected chi connectivity index (χ2v) is 9.56. The largest absolute Gasteiger partial charge is 0.393 e. The molecule has 0 heterocycles. The van der Waals surface area contributed by atoms with Gasteiger partial charge in [0.1, 0.15) is 0 Å². The molecule has 2 heteroatoms. The molecular formula is C19H27IO. The lowest BCUT2D eigenvalue weighted by Gasteiger charge is -2.57. The number of rotatable bonds is 0. The van der Waals surface area contributed by atoms with E-state index >= 15 is 0 Å². The molecule has 0 aromatic rings. The quantitative estimate of drug-likeness (QED) is 0.437. The van der Waals surface area contributed by atoms with Gasteiger partial charge in [0.2, 0.25) is 0 Å². The van der Waals surface area contributed by atoms with Gasteiger partial charge in [-0.3, -0.25) is 0 Å². The van der Waals surface area contributed by atoms with Gasteiger partial charge in [0.15, 0.2) is 0 Å². The number of aliphatic hydroxyl groups excluding tert-OH is 1. The molecule has 1 nitrogen and oxygen atoms in total. The lowest BCUT2D eigenvalue weighted by Crippen LogP contribution is -2.49. The van der Waals surface area contributed by atoms with E-state index in [9.17, 15) is 5.11 Å². The van der Waals surface area contributed by atoms with E-state index in [1.54, 1.807) is 9.15 Å². The standard InChI is InChI=1S/C19H27IO/c1-18-9-7-13(21)11-12(18)3-4-14-15-5-6-17(20)19(15,2)10-8-16(14)18/h3,6,13-16,21H,4-5,7-11H2,1-2H3/t13-,14-,15-,16-,18+,19+/m1/s1. The highest BCUT2D eigenvalue weighted by molar-refractivity contribution is 14.1. The minimum atomic E-state index is -0.0798. The van der Waals surface area contributed by atoms with Crippen LogP contribution in [0.15, 0.2) is 21.3 Å². The molecule has 0 unspecified atom stereocenters. The van der Waals surface area contributed by atoms with Crippen LogP contribution in [0.1, 0.15) is 58.8 Å². The van der Waals surface area contributed by atoms with Crippen molar-refractivity contribution in [3.05, 3.63) is 21.3 Å². The van der Waals surface area contributed by atoms with Crippen molar-refractivity contribution in [2.45, 2.75) is 64.9 Å². The van der Waals surface area contributed by atoms with Gasteiger partial charge in [-0.05, 0) is 94.3 Å². The summed E-state index contributed by atoms with van der Waals surface area (Å²) in [6.07, 6.45) is 13.4. The lowest BCUT2D eigenvalue weighted by molar-refractivity contribution is -0.0268. The fraction of sp³-hybridized carbons (Fsp3) is 0.789. The zero-order valence-electron chi connectivity index (χ0n) is 13.2. The summed E-state index contributed by atoms with van der Waals surface area (Å²) < 4.78 is 1.63. The summed E-state index contributed by atoms with van der Waals surface area (Å²) in [7, 11) is 0. The second-order valence-electron chi connectivity index (χ2n) is 8.40. The van der Waals surface area contributed by atoms with Gasteiger partial charge in [0, 0.05) is 5.41 Å². The number of halogens is 1. The molecule has 4 aliphatic rings. The first-order valence-corrected chi connectivity index (χ1v) is 9.77. The summed E-state index contributed by atoms with van der Waals surface area (Å²) >= 11 is 2.60. The van der Waals surface area contributed by atoms with E-state index in [0.717, 1.165) is 30.6 Å². The van der Waals surface area contributed by atoms with Crippen LogP contribution in [0, 0.1) is 28.6 Å². The molecule has 0 amide bonds. The summed E-state index contributed by atoms with van der Waals surface area (Å²) in [6, 6.07) is 0. The fourth-order valence-corrected chi connectivity index (χ4v) is 7.08. The Morgan fingerprint density at radius 2 is 1.81 bits per heavy atom. The topological polar surface area (TPSA) is 20.2 Å². The SMILES string of the molecule is C[C@]12CC[C@@H](O)CC1=CC[C@H]1[C@H]2CC[C@]2(C)C(I)=CC[C@H]12. The van der Waals surface area contributed by atoms with E-state index in [-0.39, 0.29) is 6.10 Å². The van der Waals surface area contributed by atoms with Crippen LogP contribution in [0.2, 0.25) is 0 Å². The van der Waals surface area contributed by atoms with Crippen molar-refractivity contribution in [3.63, 3.8) is 0 Å². The molecule has 0 bridgehead atoms. The van der Waals surface area contributed by atoms with Crippen molar-refractivity contribution in [1.29, 1.82) is 0 Å². The molecule has 0 spiro atoms. The Morgan fingerprint density at radius 1 is 1.05 bits per heavy atom. The smallest absolute Gasteiger partial charge is 0.0577 e. The third-order valence-corrected chi connectivity index (χ3v) is 9.24. The molecule has 0 aromatic heterocycles. The molecular weight excluding hydrogens is 371 g/mol. The molecule has 6 atom stereocenters. The molecule has 21 heavy (non-hydrogen) atoms. The molecule has 2 saturated carbocycles. The zero-order chi connectivity index (χ0) is 14.8. The van der Waals surface area contributed by atoms with E-state index in [1.165, 1.54) is 32.1 Å². The van der Waals surface area contributed by atoms with E-state index in [1.807, 2.05) is 0 Å². The number of fused-ring (bicyclic) bond motifs is 5. The van der Waals surface area contributed by atoms with Crippen LogP contribution >= 0.6 is 22.6 Å². The van der Waals surface area contributed by atoms with Crippen molar-refractivity contribution in [3.8, 4) is 0 Å². The van der Waals surface area contributed by atoms with Crippen LogP contribution in [-0.4, -0.2) is 11.2 Å². The Kier molecular flexibility index (Phi) is 3.39. The van der Waals surface area contributed by atoms with Gasteiger partial charge in [-0.2, -0.15) is 0 Å². The van der Waals surface area contributed by atoms with Crippen molar-refractivity contribution in [2.75, 3.05) is 0 Å². The summed E-state index contributed by atoms with van der Waals surface area (Å²) in [5.74, 6) is 2.60. The molecule has 4 aliphatic carbocycles. The number of allylic oxidation sites excluding steroid dienone is 3. The summed E-state index contributed by atoms with van der Waals surface area (Å²) in [5.41, 5.74) is 2.45. The average Bonchev–Trinajstić information content (AvgIpc) is 2.76. The average molecular weight is 398 g/mol. The third kappa shape index (κ3) is 1.97. The maximum Gasteiger partial charge on any atom is 0.0577 e. The van der Waals surface area contributed by atoms with Crippen LogP contribution in [0.4, 0.5) is 0 Å². The Morgan fingerprint density at radius 3 is 2.62 bits per heavy atom. The van der Waals surface area contributed by atoms with Crippen molar-refractivity contribution in [2.24, 2.45) is 28.6 Å². The fourth-order valence-electron chi connectivity index (χ4n) is 6.16. The maximum atomic E-state index is 10.0. The number of hydrogen-bond donors (Lipinski definition) is 1. The maximum absolute atomic E-state index is 10.0. The van der Waals surface area contributed by atoms with Gasteiger partial charge in [0.05, 0.1) is 6.10 Å². The van der Waals surface area contributed by atoms with E-state index < -0.39 is 0 Å². The summed E-state index contributed by atoms with van der Waals surface area (Å²) in [5, 5.41) is 10.0. The van der Waals surface area contributed by atoms with Gasteiger partial charge < -0.3 is 5.11 Å². The molecule has 0 aliphatic heterocycles. The second kappa shape index (κ2) is 4.83. The minimum Gasteiger partial charge on any atom is -0.393 e. The van der Waals surface area contributed by atoms with E-state index in [2.05, 4.69) is 48.6 Å². The normalized spacial score (nSPS) is 52.4. The Bertz CT molecular complexity index is 522. The first kappa shape index (κ1) is 14.7. The van der Waals surface area contributed by atoms with Gasteiger partial charge in [-0.25, -0.2) is 0 Å². The highest BCUT2D eigenvalue weighted by atomic mass is 127. The number of aliphatic hydroxyl groups is 1. The summed E-state index contributed by atoms with van der Waals surface area (Å²) in [4.78, 5) is 0. The zero-order valence-corrected chi connectivity index (χ0v) is 15.4. The first-order valence-electron chi connectivity index (χ1n) is 8.69. The van der Waals surface area contributed by atoms with Crippen LogP contribution in [0.25, 0.3) is 0 Å². The Hall–Kier alpha value is 0.170. The van der Waals surface area contributed by atoms with Crippen molar-refractivity contribution in [1.82, 2.24) is 0 Å². The predicted molar refractivity (Wildman–Crippen MR) is 95.2 cm³/mol. The molecule has 1 N–H and O–H groups in total. The van der Waals surface area contributed by atoms with E-state index in [4.69, 9.17) is 0 Å². The molecule has 2 fully saturated rings. The molecule has 0 saturated heterocycles. The van der Waals surface area contributed by atoms with Crippen molar-refractivity contribution >= 4 is 22.6 Å². The van der Waals surface area contributed by atoms with Crippen LogP contribution < -0.4 is 0 Å².